The van der Waals surface area contributed by atoms with E-state index in [1.54, 1.807) is 0 Å². The second kappa shape index (κ2) is 7.17. The molecule has 3 aromatic heterocycles. The first-order valence-electron chi connectivity index (χ1n) is 9.57. The van der Waals surface area contributed by atoms with Gasteiger partial charge < -0.3 is 25.5 Å². The summed E-state index contributed by atoms with van der Waals surface area (Å²) in [6.07, 6.45) is 6.43. The maximum absolute atomic E-state index is 9.08. The minimum Gasteiger partial charge on any atom is -0.491 e. The molecule has 1 fully saturated rings. The van der Waals surface area contributed by atoms with Crippen LogP contribution in [0.5, 0.6) is 5.75 Å². The van der Waals surface area contributed by atoms with Crippen molar-refractivity contribution >= 4 is 33.4 Å². The molecule has 0 aliphatic carbocycles. The van der Waals surface area contributed by atoms with Gasteiger partial charge in [0.15, 0.2) is 0 Å². The molecular formula is C21H19N7O2. The molecule has 1 aromatic carbocycles. The van der Waals surface area contributed by atoms with Crippen LogP contribution in [0.25, 0.3) is 21.9 Å². The van der Waals surface area contributed by atoms with Crippen LogP contribution in [0.3, 0.4) is 0 Å². The standard InChI is InChI=1S/C21H19N7O2/c22-8-12-9-25-17-7-13(1-3-15(17)19(12)23)29-10-14-2-4-18(30-14)28-6-5-16-20(24)26-11-27-21(16)28/h1,3,5-7,9,11,14,18H,2,4,10H2,(H2,23,25)(H2,24,26,27)/t14-,18+/m0/s1. The molecule has 9 nitrogen and oxygen atoms in total. The summed E-state index contributed by atoms with van der Waals surface area (Å²) >= 11 is 0. The number of hydrogen-bond acceptors (Lipinski definition) is 8. The van der Waals surface area contributed by atoms with Gasteiger partial charge in [-0.1, -0.05) is 0 Å². The van der Waals surface area contributed by atoms with Gasteiger partial charge >= 0.3 is 0 Å². The molecule has 30 heavy (non-hydrogen) atoms. The van der Waals surface area contributed by atoms with Gasteiger partial charge in [-0.2, -0.15) is 5.26 Å². The van der Waals surface area contributed by atoms with Crippen LogP contribution >= 0.6 is 0 Å². The van der Waals surface area contributed by atoms with Crippen molar-refractivity contribution in [1.82, 2.24) is 19.5 Å². The van der Waals surface area contributed by atoms with Crippen molar-refractivity contribution in [2.24, 2.45) is 0 Å². The fourth-order valence-electron chi connectivity index (χ4n) is 3.80. The van der Waals surface area contributed by atoms with Gasteiger partial charge in [0.2, 0.25) is 0 Å². The first-order valence-corrected chi connectivity index (χ1v) is 9.57. The lowest BCUT2D eigenvalue weighted by Gasteiger charge is -2.16. The maximum atomic E-state index is 9.08. The van der Waals surface area contributed by atoms with Crippen molar-refractivity contribution in [2.45, 2.75) is 25.2 Å². The lowest BCUT2D eigenvalue weighted by atomic mass is 10.1. The smallest absolute Gasteiger partial charge is 0.147 e. The first kappa shape index (κ1) is 18.1. The van der Waals surface area contributed by atoms with Crippen molar-refractivity contribution in [2.75, 3.05) is 18.1 Å². The van der Waals surface area contributed by atoms with Gasteiger partial charge in [0.05, 0.1) is 28.3 Å². The molecule has 0 radical (unpaired) electrons. The fraction of sp³-hybridized carbons (Fsp3) is 0.238. The number of nitrogen functional groups attached to an aromatic ring is 2. The molecule has 4 N–H and O–H groups in total. The molecule has 0 amide bonds. The summed E-state index contributed by atoms with van der Waals surface area (Å²) in [6, 6.07) is 9.41. The van der Waals surface area contributed by atoms with E-state index in [2.05, 4.69) is 15.0 Å². The summed E-state index contributed by atoms with van der Waals surface area (Å²) < 4.78 is 14.1. The van der Waals surface area contributed by atoms with Gasteiger partial charge in [0, 0.05) is 23.8 Å². The van der Waals surface area contributed by atoms with E-state index in [-0.39, 0.29) is 12.3 Å². The number of nitrogens with two attached hydrogens (primary N) is 2. The lowest BCUT2D eigenvalue weighted by Crippen LogP contribution is -2.18. The van der Waals surface area contributed by atoms with Crippen molar-refractivity contribution in [3.63, 3.8) is 0 Å². The molecule has 4 heterocycles. The van der Waals surface area contributed by atoms with Crippen LogP contribution in [0.4, 0.5) is 11.5 Å². The zero-order valence-corrected chi connectivity index (χ0v) is 16.0. The SMILES string of the molecule is N#Cc1cnc2cc(OC[C@@H]3CC[C@H](n4ccc5c(N)ncnc54)O3)ccc2c1N. The molecule has 0 spiro atoms. The Morgan fingerprint density at radius 2 is 2.07 bits per heavy atom. The predicted octanol–water partition coefficient (Wildman–Crippen LogP) is 2.77. The van der Waals surface area contributed by atoms with Crippen molar-refractivity contribution in [3.05, 3.63) is 48.5 Å². The number of pyridine rings is 1. The summed E-state index contributed by atoms with van der Waals surface area (Å²) in [7, 11) is 0. The molecule has 0 saturated carbocycles. The number of hydrogen-bond donors (Lipinski definition) is 2. The Kier molecular flexibility index (Phi) is 4.34. The van der Waals surface area contributed by atoms with E-state index in [1.165, 1.54) is 12.5 Å². The van der Waals surface area contributed by atoms with Gasteiger partial charge in [0.25, 0.3) is 0 Å². The maximum Gasteiger partial charge on any atom is 0.147 e. The van der Waals surface area contributed by atoms with Crippen LogP contribution in [0, 0.1) is 11.3 Å². The molecule has 2 atom stereocenters. The number of fused-ring (bicyclic) bond motifs is 2. The van der Waals surface area contributed by atoms with E-state index in [0.29, 0.717) is 34.9 Å². The Morgan fingerprint density at radius 1 is 1.17 bits per heavy atom. The monoisotopic (exact) mass is 401 g/mol. The van der Waals surface area contributed by atoms with Crippen LogP contribution in [-0.2, 0) is 4.74 Å². The molecule has 4 aromatic rings. The van der Waals surface area contributed by atoms with E-state index in [4.69, 9.17) is 26.2 Å². The van der Waals surface area contributed by atoms with Crippen LogP contribution in [0.2, 0.25) is 0 Å². The average Bonchev–Trinajstić information content (AvgIpc) is 3.40. The Bertz CT molecular complexity index is 1290. The summed E-state index contributed by atoms with van der Waals surface area (Å²) in [5.41, 5.74) is 14.2. The third kappa shape index (κ3) is 3.03. The number of benzene rings is 1. The third-order valence-corrected chi connectivity index (χ3v) is 5.37. The van der Waals surface area contributed by atoms with E-state index < -0.39 is 0 Å². The van der Waals surface area contributed by atoms with E-state index >= 15 is 0 Å². The third-order valence-electron chi connectivity index (χ3n) is 5.37. The number of aromatic nitrogens is 4. The molecule has 1 aliphatic rings. The molecule has 1 saturated heterocycles. The van der Waals surface area contributed by atoms with Crippen LogP contribution < -0.4 is 16.2 Å². The highest BCUT2D eigenvalue weighted by Gasteiger charge is 2.28. The van der Waals surface area contributed by atoms with Crippen molar-refractivity contribution < 1.29 is 9.47 Å². The van der Waals surface area contributed by atoms with Gasteiger partial charge in [-0.15, -0.1) is 0 Å². The van der Waals surface area contributed by atoms with Crippen LogP contribution in [-0.4, -0.2) is 32.2 Å². The van der Waals surface area contributed by atoms with Crippen LogP contribution in [0.15, 0.2) is 43.0 Å². The topological polar surface area (TPSA) is 138 Å². The number of rotatable bonds is 4. The summed E-state index contributed by atoms with van der Waals surface area (Å²) in [5, 5.41) is 10.6. The fourth-order valence-corrected chi connectivity index (χ4v) is 3.80. The Balaban J connectivity index is 1.27. The molecule has 0 bridgehead atoms. The Labute approximate surface area is 171 Å². The van der Waals surface area contributed by atoms with Gasteiger partial charge in [-0.25, -0.2) is 9.97 Å². The Morgan fingerprint density at radius 3 is 2.93 bits per heavy atom. The predicted molar refractivity (Wildman–Crippen MR) is 111 cm³/mol. The molecule has 5 rings (SSSR count). The highest BCUT2D eigenvalue weighted by Crippen LogP contribution is 2.32. The normalized spacial score (nSPS) is 18.6. The van der Waals surface area contributed by atoms with E-state index in [9.17, 15) is 0 Å². The molecule has 150 valence electrons. The second-order valence-corrected chi connectivity index (χ2v) is 7.20. The van der Waals surface area contributed by atoms with Crippen LogP contribution in [0.1, 0.15) is 24.6 Å². The molecule has 1 aliphatic heterocycles. The van der Waals surface area contributed by atoms with Crippen molar-refractivity contribution in [3.8, 4) is 11.8 Å². The van der Waals surface area contributed by atoms with Gasteiger partial charge in [0.1, 0.15) is 42.4 Å². The van der Waals surface area contributed by atoms with Gasteiger partial charge in [-0.3, -0.25) is 4.98 Å². The highest BCUT2D eigenvalue weighted by atomic mass is 16.6. The lowest BCUT2D eigenvalue weighted by molar-refractivity contribution is -0.0156. The molecule has 0 unspecified atom stereocenters. The zero-order chi connectivity index (χ0) is 20.7. The summed E-state index contributed by atoms with van der Waals surface area (Å²) in [5.74, 6) is 1.14. The van der Waals surface area contributed by atoms with E-state index in [1.807, 2.05) is 41.1 Å². The minimum absolute atomic E-state index is 0.0404. The number of nitriles is 1. The summed E-state index contributed by atoms with van der Waals surface area (Å²) in [6.45, 7) is 0.421. The molecular weight excluding hydrogens is 382 g/mol. The number of anilines is 2. The Hall–Kier alpha value is -3.90. The second-order valence-electron chi connectivity index (χ2n) is 7.20. The van der Waals surface area contributed by atoms with Crippen molar-refractivity contribution in [1.29, 1.82) is 5.26 Å². The first-order chi connectivity index (χ1) is 14.6. The minimum atomic E-state index is -0.118. The summed E-state index contributed by atoms with van der Waals surface area (Å²) in [4.78, 5) is 12.7. The van der Waals surface area contributed by atoms with E-state index in [0.717, 1.165) is 29.3 Å². The van der Waals surface area contributed by atoms with Gasteiger partial charge in [-0.05, 0) is 31.0 Å². The number of nitrogens with zero attached hydrogens (tertiary/aromatic N) is 5. The average molecular weight is 401 g/mol. The molecule has 9 heteroatoms. The zero-order valence-electron chi connectivity index (χ0n) is 16.0. The quantitative estimate of drug-likeness (QED) is 0.532. The largest absolute Gasteiger partial charge is 0.491 e. The number of ether oxygens (including phenoxy) is 2. The highest BCUT2D eigenvalue weighted by molar-refractivity contribution is 5.93.